The Hall–Kier alpha value is -2.55. The molecule has 0 radical (unpaired) electrons. The van der Waals surface area contributed by atoms with Gasteiger partial charge in [-0.1, -0.05) is 18.2 Å². The molecule has 1 N–H and O–H groups in total. The average molecular weight is 384 g/mol. The third kappa shape index (κ3) is 3.64. The lowest BCUT2D eigenvalue weighted by atomic mass is 10.1. The number of anilines is 1. The van der Waals surface area contributed by atoms with Crippen LogP contribution in [0, 0.1) is 6.92 Å². The van der Waals surface area contributed by atoms with Crippen LogP contribution in [0.1, 0.15) is 21.6 Å². The minimum atomic E-state index is -0.443. The highest BCUT2D eigenvalue weighted by atomic mass is 32.1. The van der Waals surface area contributed by atoms with E-state index in [0.717, 1.165) is 44.1 Å². The van der Waals surface area contributed by atoms with Gasteiger partial charge in [0.2, 0.25) is 0 Å². The minimum Gasteiger partial charge on any atom is -0.379 e. The van der Waals surface area contributed by atoms with E-state index in [1.54, 1.807) is 0 Å². The van der Waals surface area contributed by atoms with Gasteiger partial charge in [0.25, 0.3) is 11.5 Å². The summed E-state index contributed by atoms with van der Waals surface area (Å²) in [6, 6.07) is 7.66. The van der Waals surface area contributed by atoms with Crippen LogP contribution in [-0.2, 0) is 11.3 Å². The molecule has 7 nitrogen and oxygen atoms in total. The van der Waals surface area contributed by atoms with Gasteiger partial charge in [0.1, 0.15) is 5.56 Å². The summed E-state index contributed by atoms with van der Waals surface area (Å²) in [5.74, 6) is -0.443. The van der Waals surface area contributed by atoms with Gasteiger partial charge >= 0.3 is 0 Å². The molecule has 2 aromatic heterocycles. The maximum atomic E-state index is 12.8. The molecule has 1 amide bonds. The fraction of sp³-hybridized carbons (Fsp3) is 0.316. The number of nitrogens with zero attached hydrogens (tertiary/aromatic N) is 3. The lowest BCUT2D eigenvalue weighted by molar-refractivity contribution is 0.0342. The van der Waals surface area contributed by atoms with Crippen molar-refractivity contribution in [1.29, 1.82) is 0 Å². The van der Waals surface area contributed by atoms with Gasteiger partial charge in [0.05, 0.1) is 13.2 Å². The Bertz CT molecular complexity index is 1040. The SMILES string of the molecule is Cc1csc2ncc(C(=O)Nc3ccccc3CN3CCOCC3)c(=O)n12. The number of carbonyl (C=O) groups excluding carboxylic acids is 1. The zero-order valence-electron chi connectivity index (χ0n) is 15.0. The molecule has 0 saturated carbocycles. The van der Waals surface area contributed by atoms with Crippen molar-refractivity contribution in [3.8, 4) is 0 Å². The Balaban J connectivity index is 1.59. The maximum Gasteiger partial charge on any atom is 0.271 e. The summed E-state index contributed by atoms with van der Waals surface area (Å²) in [5.41, 5.74) is 2.18. The number of rotatable bonds is 4. The number of hydrogen-bond donors (Lipinski definition) is 1. The molecule has 0 aliphatic carbocycles. The van der Waals surface area contributed by atoms with Crippen molar-refractivity contribution in [3.63, 3.8) is 0 Å². The summed E-state index contributed by atoms with van der Waals surface area (Å²) in [6.07, 6.45) is 1.35. The van der Waals surface area contributed by atoms with Crippen LogP contribution in [0.2, 0.25) is 0 Å². The van der Waals surface area contributed by atoms with Crippen LogP contribution in [0.15, 0.2) is 40.6 Å². The lowest BCUT2D eigenvalue weighted by Crippen LogP contribution is -2.36. The molecule has 3 aromatic rings. The van der Waals surface area contributed by atoms with Crippen molar-refractivity contribution in [2.24, 2.45) is 0 Å². The molecule has 0 atom stereocenters. The third-order valence-electron chi connectivity index (χ3n) is 4.62. The normalized spacial score (nSPS) is 15.1. The first-order valence-corrected chi connectivity index (χ1v) is 9.66. The van der Waals surface area contributed by atoms with Crippen LogP contribution < -0.4 is 10.9 Å². The third-order valence-corrected chi connectivity index (χ3v) is 5.58. The number of nitrogens with one attached hydrogen (secondary N) is 1. The predicted molar refractivity (Wildman–Crippen MR) is 105 cm³/mol. The number of fused-ring (bicyclic) bond motifs is 1. The quantitative estimate of drug-likeness (QED) is 0.746. The average Bonchev–Trinajstić information content (AvgIpc) is 3.06. The van der Waals surface area contributed by atoms with Crippen molar-refractivity contribution in [2.75, 3.05) is 31.6 Å². The molecule has 140 valence electrons. The summed E-state index contributed by atoms with van der Waals surface area (Å²) < 4.78 is 6.86. The highest BCUT2D eigenvalue weighted by Gasteiger charge is 2.18. The number of aryl methyl sites for hydroxylation is 1. The van der Waals surface area contributed by atoms with Crippen LogP contribution in [0.25, 0.3) is 4.96 Å². The first kappa shape index (κ1) is 17.8. The molecule has 0 spiro atoms. The van der Waals surface area contributed by atoms with Gasteiger partial charge in [-0.05, 0) is 18.6 Å². The summed E-state index contributed by atoms with van der Waals surface area (Å²) >= 11 is 1.38. The second-order valence-electron chi connectivity index (χ2n) is 6.47. The van der Waals surface area contributed by atoms with Gasteiger partial charge < -0.3 is 10.1 Å². The Morgan fingerprint density at radius 2 is 2.07 bits per heavy atom. The van der Waals surface area contributed by atoms with E-state index in [1.165, 1.54) is 21.9 Å². The smallest absolute Gasteiger partial charge is 0.271 e. The van der Waals surface area contributed by atoms with Gasteiger partial charge in [0.15, 0.2) is 4.96 Å². The second-order valence-corrected chi connectivity index (χ2v) is 7.31. The molecule has 0 bridgehead atoms. The van der Waals surface area contributed by atoms with Gasteiger partial charge in [-0.25, -0.2) is 4.98 Å². The summed E-state index contributed by atoms with van der Waals surface area (Å²) in [7, 11) is 0. The van der Waals surface area contributed by atoms with E-state index < -0.39 is 5.91 Å². The van der Waals surface area contributed by atoms with Gasteiger partial charge in [-0.2, -0.15) is 0 Å². The molecule has 1 aliphatic rings. The zero-order valence-corrected chi connectivity index (χ0v) is 15.8. The highest BCUT2D eigenvalue weighted by molar-refractivity contribution is 7.15. The lowest BCUT2D eigenvalue weighted by Gasteiger charge is -2.27. The van der Waals surface area contributed by atoms with Crippen LogP contribution in [0.5, 0.6) is 0 Å². The second kappa shape index (κ2) is 7.59. The highest BCUT2D eigenvalue weighted by Crippen LogP contribution is 2.19. The minimum absolute atomic E-state index is 0.0372. The fourth-order valence-electron chi connectivity index (χ4n) is 3.15. The van der Waals surface area contributed by atoms with Crippen molar-refractivity contribution in [2.45, 2.75) is 13.5 Å². The summed E-state index contributed by atoms with van der Waals surface area (Å²) in [4.78, 5) is 32.6. The summed E-state index contributed by atoms with van der Waals surface area (Å²) in [5, 5.41) is 4.74. The number of amides is 1. The van der Waals surface area contributed by atoms with Crippen LogP contribution in [0.3, 0.4) is 0 Å². The molecular formula is C19H20N4O3S. The monoisotopic (exact) mass is 384 g/mol. The maximum absolute atomic E-state index is 12.8. The topological polar surface area (TPSA) is 75.9 Å². The van der Waals surface area contributed by atoms with Crippen LogP contribution >= 0.6 is 11.3 Å². The van der Waals surface area contributed by atoms with E-state index in [9.17, 15) is 9.59 Å². The van der Waals surface area contributed by atoms with Gasteiger partial charge in [0, 0.05) is 42.6 Å². The van der Waals surface area contributed by atoms with Gasteiger partial charge in [-0.15, -0.1) is 11.3 Å². The van der Waals surface area contributed by atoms with Crippen LogP contribution in [0.4, 0.5) is 5.69 Å². The van der Waals surface area contributed by atoms with Crippen LogP contribution in [-0.4, -0.2) is 46.5 Å². The van der Waals surface area contributed by atoms with Crippen molar-refractivity contribution >= 4 is 27.9 Å². The number of hydrogen-bond acceptors (Lipinski definition) is 6. The van der Waals surface area contributed by atoms with E-state index in [-0.39, 0.29) is 11.1 Å². The number of thiazole rings is 1. The number of morpholine rings is 1. The molecule has 8 heteroatoms. The first-order valence-electron chi connectivity index (χ1n) is 8.78. The number of ether oxygens (including phenoxy) is 1. The molecule has 3 heterocycles. The standard InChI is InChI=1S/C19H20N4O3S/c1-13-12-27-19-20-10-15(18(25)23(13)19)17(24)21-16-5-3-2-4-14(16)11-22-6-8-26-9-7-22/h2-5,10,12H,6-9,11H2,1H3,(H,21,24). The Morgan fingerprint density at radius 3 is 2.89 bits per heavy atom. The van der Waals surface area contributed by atoms with Crippen molar-refractivity contribution < 1.29 is 9.53 Å². The molecule has 4 rings (SSSR count). The molecule has 1 aromatic carbocycles. The molecule has 1 saturated heterocycles. The van der Waals surface area contributed by atoms with E-state index in [4.69, 9.17) is 4.74 Å². The Labute approximate surface area is 160 Å². The zero-order chi connectivity index (χ0) is 18.8. The largest absolute Gasteiger partial charge is 0.379 e. The Kier molecular flexibility index (Phi) is 5.02. The summed E-state index contributed by atoms with van der Waals surface area (Å²) in [6.45, 7) is 5.71. The van der Waals surface area contributed by atoms with E-state index in [0.29, 0.717) is 10.6 Å². The van der Waals surface area contributed by atoms with Crippen molar-refractivity contribution in [1.82, 2.24) is 14.3 Å². The Morgan fingerprint density at radius 1 is 1.30 bits per heavy atom. The van der Waals surface area contributed by atoms with E-state index >= 15 is 0 Å². The molecule has 1 fully saturated rings. The van der Waals surface area contributed by atoms with E-state index in [1.807, 2.05) is 36.6 Å². The predicted octanol–water partition coefficient (Wildman–Crippen LogP) is 2.15. The fourth-order valence-corrected chi connectivity index (χ4v) is 3.98. The molecular weight excluding hydrogens is 364 g/mol. The number of benzene rings is 1. The first-order chi connectivity index (χ1) is 13.1. The number of para-hydroxylation sites is 1. The van der Waals surface area contributed by atoms with Crippen molar-refractivity contribution in [3.05, 3.63) is 63.0 Å². The van der Waals surface area contributed by atoms with Gasteiger partial charge in [-0.3, -0.25) is 18.9 Å². The number of aromatic nitrogens is 2. The molecule has 0 unspecified atom stereocenters. The molecule has 1 aliphatic heterocycles. The molecule has 27 heavy (non-hydrogen) atoms. The number of carbonyl (C=O) groups is 1. The van der Waals surface area contributed by atoms with E-state index in [2.05, 4.69) is 15.2 Å².